The number of amides is 2. The maximum absolute atomic E-state index is 13.4. The van der Waals surface area contributed by atoms with Crippen LogP contribution in [0.3, 0.4) is 0 Å². The number of halogens is 3. The Bertz CT molecular complexity index is 1280. The molecule has 0 fully saturated rings. The van der Waals surface area contributed by atoms with E-state index in [1.165, 1.54) is 11.0 Å². The number of esters is 2. The topological polar surface area (TPSA) is 143 Å². The highest BCUT2D eigenvalue weighted by atomic mass is 19.4. The number of nitrogens with two attached hydrogens (primary N) is 1. The molecule has 208 valence electrons. The summed E-state index contributed by atoms with van der Waals surface area (Å²) in [5.41, 5.74) is 7.21. The summed E-state index contributed by atoms with van der Waals surface area (Å²) in [4.78, 5) is 51.6. The molecule has 0 saturated heterocycles. The maximum atomic E-state index is 13.4. The Morgan fingerprint density at radius 3 is 2.36 bits per heavy atom. The van der Waals surface area contributed by atoms with E-state index in [-0.39, 0.29) is 30.5 Å². The molecule has 0 aliphatic carbocycles. The number of anilines is 1. The number of ether oxygens (including phenoxy) is 2. The van der Waals surface area contributed by atoms with E-state index in [0.29, 0.717) is 17.0 Å². The van der Waals surface area contributed by atoms with E-state index >= 15 is 0 Å². The third-order valence-electron chi connectivity index (χ3n) is 5.65. The number of nitrogens with one attached hydrogen (secondary N) is 1. The van der Waals surface area contributed by atoms with Crippen LogP contribution in [0.4, 0.5) is 18.9 Å². The first kappa shape index (κ1) is 29.1. The number of alkyl halides is 3. The highest BCUT2D eigenvalue weighted by Gasteiger charge is 2.42. The molecule has 1 heterocycles. The van der Waals surface area contributed by atoms with Gasteiger partial charge in [0.15, 0.2) is 0 Å². The van der Waals surface area contributed by atoms with Crippen LogP contribution in [-0.2, 0) is 25.7 Å². The predicted molar refractivity (Wildman–Crippen MR) is 133 cm³/mol. The van der Waals surface area contributed by atoms with Gasteiger partial charge in [0, 0.05) is 18.7 Å². The van der Waals surface area contributed by atoms with Crippen molar-refractivity contribution in [3.05, 3.63) is 59.2 Å². The number of nitrogens with zero attached hydrogens (tertiary/aromatic N) is 2. The minimum absolute atomic E-state index is 0.0423. The van der Waals surface area contributed by atoms with Crippen molar-refractivity contribution >= 4 is 35.3 Å². The van der Waals surface area contributed by atoms with Gasteiger partial charge >= 0.3 is 18.1 Å². The van der Waals surface area contributed by atoms with Gasteiger partial charge in [0.1, 0.15) is 24.7 Å². The van der Waals surface area contributed by atoms with E-state index in [1.807, 2.05) is 13.8 Å². The van der Waals surface area contributed by atoms with Gasteiger partial charge in [-0.05, 0) is 29.7 Å². The van der Waals surface area contributed by atoms with Crippen molar-refractivity contribution in [2.75, 3.05) is 24.5 Å². The molecule has 0 aromatic heterocycles. The molecule has 0 radical (unpaired) electrons. The zero-order valence-electron chi connectivity index (χ0n) is 21.2. The van der Waals surface area contributed by atoms with Crippen LogP contribution < -0.4 is 15.4 Å². The molecule has 1 aliphatic heterocycles. The van der Waals surface area contributed by atoms with Crippen molar-refractivity contribution < 1.29 is 41.8 Å². The number of amidine groups is 1. The van der Waals surface area contributed by atoms with Crippen molar-refractivity contribution in [3.8, 4) is 5.75 Å². The van der Waals surface area contributed by atoms with Gasteiger partial charge in [0.2, 0.25) is 5.91 Å². The summed E-state index contributed by atoms with van der Waals surface area (Å²) in [7, 11) is 0. The summed E-state index contributed by atoms with van der Waals surface area (Å²) in [6.07, 6.45) is -6.07. The summed E-state index contributed by atoms with van der Waals surface area (Å²) < 4.78 is 46.7. The molecule has 0 bridgehead atoms. The lowest BCUT2D eigenvalue weighted by molar-refractivity contribution is -0.201. The number of carbonyl (C=O) groups is 4. The molecule has 10 nitrogen and oxygen atoms in total. The van der Waals surface area contributed by atoms with Gasteiger partial charge in [0.25, 0.3) is 5.91 Å². The summed E-state index contributed by atoms with van der Waals surface area (Å²) in [5.74, 6) is -4.94. The van der Waals surface area contributed by atoms with E-state index < -0.39 is 49.4 Å². The van der Waals surface area contributed by atoms with Gasteiger partial charge in [-0.1, -0.05) is 38.1 Å². The lowest BCUT2D eigenvalue weighted by atomic mass is 10.1. The molecule has 3 rings (SSSR count). The smallest absolute Gasteiger partial charge is 0.489 e. The number of hydrogen-bond donors (Lipinski definition) is 2. The first-order valence-electron chi connectivity index (χ1n) is 11.9. The van der Waals surface area contributed by atoms with Gasteiger partial charge in [-0.3, -0.25) is 19.8 Å². The van der Waals surface area contributed by atoms with Crippen LogP contribution >= 0.6 is 0 Å². The highest BCUT2D eigenvalue weighted by molar-refractivity contribution is 6.10. The molecule has 0 unspecified atom stereocenters. The van der Waals surface area contributed by atoms with Crippen LogP contribution in [0.2, 0.25) is 0 Å². The molecule has 0 saturated carbocycles. The lowest BCUT2D eigenvalue weighted by Crippen LogP contribution is -2.41. The van der Waals surface area contributed by atoms with Crippen LogP contribution in [0, 0.1) is 11.3 Å². The van der Waals surface area contributed by atoms with Crippen molar-refractivity contribution in [2.45, 2.75) is 33.1 Å². The summed E-state index contributed by atoms with van der Waals surface area (Å²) in [6.45, 7) is 3.32. The summed E-state index contributed by atoms with van der Waals surface area (Å²) in [6, 6.07) is 11.4. The first-order valence-corrected chi connectivity index (χ1v) is 11.9. The SMILES string of the molecule is CC(C)CN1C(=O)CN(CCC(=O)OC(=O)C(F)(F)F)C(=O)c2cc(OCc3ccc(C(=N)N)cc3)ccc21. The van der Waals surface area contributed by atoms with Crippen LogP contribution in [0.1, 0.15) is 41.8 Å². The number of hydrogen-bond acceptors (Lipinski definition) is 7. The second-order valence-corrected chi connectivity index (χ2v) is 9.21. The molecular formula is C26H27F3N4O6. The Kier molecular flexibility index (Phi) is 8.94. The second-order valence-electron chi connectivity index (χ2n) is 9.21. The predicted octanol–water partition coefficient (Wildman–Crippen LogP) is 3.02. The molecule has 2 amide bonds. The highest BCUT2D eigenvalue weighted by Crippen LogP contribution is 2.31. The monoisotopic (exact) mass is 548 g/mol. The van der Waals surface area contributed by atoms with Gasteiger partial charge in [0.05, 0.1) is 17.7 Å². The van der Waals surface area contributed by atoms with E-state index in [9.17, 15) is 32.3 Å². The van der Waals surface area contributed by atoms with Gasteiger partial charge in [-0.2, -0.15) is 13.2 Å². The molecular weight excluding hydrogens is 521 g/mol. The molecule has 39 heavy (non-hydrogen) atoms. The maximum Gasteiger partial charge on any atom is 0.491 e. The summed E-state index contributed by atoms with van der Waals surface area (Å²) in [5, 5.41) is 7.46. The van der Waals surface area contributed by atoms with Gasteiger partial charge in [-0.15, -0.1) is 0 Å². The fourth-order valence-electron chi connectivity index (χ4n) is 3.77. The van der Waals surface area contributed by atoms with Crippen molar-refractivity contribution in [3.63, 3.8) is 0 Å². The van der Waals surface area contributed by atoms with E-state index in [4.69, 9.17) is 15.9 Å². The summed E-state index contributed by atoms with van der Waals surface area (Å²) >= 11 is 0. The Morgan fingerprint density at radius 1 is 1.10 bits per heavy atom. The largest absolute Gasteiger partial charge is 0.491 e. The number of rotatable bonds is 9. The average molecular weight is 549 g/mol. The third-order valence-corrected chi connectivity index (χ3v) is 5.65. The number of benzene rings is 2. The van der Waals surface area contributed by atoms with Crippen LogP contribution in [-0.4, -0.2) is 60.3 Å². The van der Waals surface area contributed by atoms with Crippen molar-refractivity contribution in [2.24, 2.45) is 11.7 Å². The molecule has 0 spiro atoms. The zero-order chi connectivity index (χ0) is 28.9. The minimum atomic E-state index is -5.34. The molecule has 3 N–H and O–H groups in total. The fraction of sp³-hybridized carbons (Fsp3) is 0.346. The van der Waals surface area contributed by atoms with E-state index in [2.05, 4.69) is 4.74 Å². The normalized spacial score (nSPS) is 13.7. The molecule has 2 aromatic rings. The minimum Gasteiger partial charge on any atom is -0.489 e. The third kappa shape index (κ3) is 7.55. The Hall–Kier alpha value is -4.42. The Labute approximate surface area is 222 Å². The standard InChI is InChI=1S/C26H27F3N4O6/c1-15(2)12-33-20-8-7-18(38-14-16-3-5-17(6-4-16)23(30)31)11-19(20)24(36)32(13-21(33)34)10-9-22(35)39-25(37)26(27,28)29/h3-8,11,15H,9-10,12-14H2,1-2H3,(H3,30,31). The van der Waals surface area contributed by atoms with Gasteiger partial charge < -0.3 is 25.0 Å². The lowest BCUT2D eigenvalue weighted by Gasteiger charge is -2.24. The van der Waals surface area contributed by atoms with Crippen LogP contribution in [0.5, 0.6) is 5.75 Å². The Morgan fingerprint density at radius 2 is 1.77 bits per heavy atom. The quantitative estimate of drug-likeness (QED) is 0.212. The first-order chi connectivity index (χ1) is 18.3. The molecule has 2 aromatic carbocycles. The van der Waals surface area contributed by atoms with Crippen molar-refractivity contribution in [1.82, 2.24) is 4.90 Å². The van der Waals surface area contributed by atoms with Gasteiger partial charge in [-0.25, -0.2) is 4.79 Å². The number of carbonyl (C=O) groups excluding carboxylic acids is 4. The number of nitrogen functional groups attached to an aromatic ring is 1. The van der Waals surface area contributed by atoms with Crippen molar-refractivity contribution in [1.29, 1.82) is 5.41 Å². The number of fused-ring (bicyclic) bond motifs is 1. The van der Waals surface area contributed by atoms with Crippen LogP contribution in [0.25, 0.3) is 0 Å². The van der Waals surface area contributed by atoms with E-state index in [1.54, 1.807) is 36.4 Å². The fourth-order valence-corrected chi connectivity index (χ4v) is 3.77. The van der Waals surface area contributed by atoms with Crippen LogP contribution in [0.15, 0.2) is 42.5 Å². The second kappa shape index (κ2) is 12.0. The zero-order valence-corrected chi connectivity index (χ0v) is 21.2. The molecule has 13 heteroatoms. The Balaban J connectivity index is 1.81. The van der Waals surface area contributed by atoms with E-state index in [0.717, 1.165) is 10.5 Å². The molecule has 1 aliphatic rings. The molecule has 0 atom stereocenters. The average Bonchev–Trinajstić information content (AvgIpc) is 2.95.